The van der Waals surface area contributed by atoms with E-state index in [1.54, 1.807) is 11.3 Å². The third-order valence-corrected chi connectivity index (χ3v) is 8.20. The Morgan fingerprint density at radius 3 is 2.17 bits per heavy atom. The molecule has 0 radical (unpaired) electrons. The minimum absolute atomic E-state index is 0.233. The normalized spacial score (nSPS) is 12.8. The van der Waals surface area contributed by atoms with Gasteiger partial charge in [0.15, 0.2) is 0 Å². The summed E-state index contributed by atoms with van der Waals surface area (Å²) in [4.78, 5) is 1.52. The molecule has 1 aromatic heterocycles. The number of thiophene rings is 1. The van der Waals surface area contributed by atoms with E-state index < -0.39 is 0 Å². The summed E-state index contributed by atoms with van der Waals surface area (Å²) in [5.74, 6) is 0. The van der Waals surface area contributed by atoms with Gasteiger partial charge in [-0.15, -0.1) is 11.3 Å². The summed E-state index contributed by atoms with van der Waals surface area (Å²) in [6.07, 6.45) is 0. The van der Waals surface area contributed by atoms with Crippen molar-refractivity contribution in [1.82, 2.24) is 0 Å². The van der Waals surface area contributed by atoms with Crippen LogP contribution < -0.4 is 0 Å². The van der Waals surface area contributed by atoms with Gasteiger partial charge in [0.2, 0.25) is 0 Å². The van der Waals surface area contributed by atoms with E-state index in [4.69, 9.17) is 0 Å². The summed E-state index contributed by atoms with van der Waals surface area (Å²) in [5.41, 5.74) is 3.86. The number of hydrogen-bond donors (Lipinski definition) is 0. The molecule has 18 heavy (non-hydrogen) atoms. The van der Waals surface area contributed by atoms with Crippen molar-refractivity contribution in [1.29, 1.82) is 0 Å². The van der Waals surface area contributed by atoms with Crippen molar-refractivity contribution in [3.8, 4) is 0 Å². The van der Waals surface area contributed by atoms with Gasteiger partial charge in [-0.1, -0.05) is 37.9 Å². The van der Waals surface area contributed by atoms with E-state index >= 15 is 0 Å². The monoisotopic (exact) mass is 514 g/mol. The van der Waals surface area contributed by atoms with E-state index in [0.29, 0.717) is 0 Å². The van der Waals surface area contributed by atoms with Gasteiger partial charge in [0.25, 0.3) is 0 Å². The molecule has 0 saturated heterocycles. The highest BCUT2D eigenvalue weighted by molar-refractivity contribution is 9.13. The van der Waals surface area contributed by atoms with E-state index in [0.717, 1.165) is 12.7 Å². The quantitative estimate of drug-likeness (QED) is 0.372. The second-order valence-corrected chi connectivity index (χ2v) is 9.12. The Balaban J connectivity index is 2.45. The molecule has 1 aromatic carbocycles. The van der Waals surface area contributed by atoms with Crippen molar-refractivity contribution < 1.29 is 0 Å². The zero-order chi connectivity index (χ0) is 13.4. The molecule has 0 fully saturated rings. The standard InChI is InChI=1S/C13H10Br4S/c1-6-4-9(14)7(2)3-8(6)12(16)11-5-10(15)13(17)18-11/h3-5,12H,1-2H3. The molecule has 5 heteroatoms. The van der Waals surface area contributed by atoms with Crippen LogP contribution in [0, 0.1) is 13.8 Å². The number of hydrogen-bond acceptors (Lipinski definition) is 1. The van der Waals surface area contributed by atoms with Gasteiger partial charge in [0.1, 0.15) is 0 Å². The van der Waals surface area contributed by atoms with E-state index in [1.165, 1.54) is 21.6 Å². The van der Waals surface area contributed by atoms with Gasteiger partial charge in [-0.2, -0.15) is 0 Å². The van der Waals surface area contributed by atoms with Crippen molar-refractivity contribution in [2.75, 3.05) is 0 Å². The van der Waals surface area contributed by atoms with Crippen LogP contribution in [0.15, 0.2) is 30.9 Å². The van der Waals surface area contributed by atoms with E-state index in [2.05, 4.69) is 95.8 Å². The predicted molar refractivity (Wildman–Crippen MR) is 94.1 cm³/mol. The number of halogens is 4. The minimum Gasteiger partial charge on any atom is -0.131 e. The molecule has 96 valence electrons. The molecule has 0 bridgehead atoms. The first-order valence-corrected chi connectivity index (χ1v) is 9.36. The summed E-state index contributed by atoms with van der Waals surface area (Å²) in [7, 11) is 0. The fraction of sp³-hybridized carbons (Fsp3) is 0.231. The second-order valence-electron chi connectivity index (χ2n) is 4.09. The third kappa shape index (κ3) is 3.11. The van der Waals surface area contributed by atoms with Gasteiger partial charge in [0.05, 0.1) is 8.61 Å². The summed E-state index contributed by atoms with van der Waals surface area (Å²) in [5, 5.41) is 0. The Morgan fingerprint density at radius 2 is 1.61 bits per heavy atom. The Kier molecular flexibility index (Phi) is 5.15. The first-order chi connectivity index (χ1) is 8.40. The molecule has 0 nitrogen and oxygen atoms in total. The molecule has 2 rings (SSSR count). The van der Waals surface area contributed by atoms with Gasteiger partial charge in [-0.25, -0.2) is 0 Å². The van der Waals surface area contributed by atoms with Crippen LogP contribution >= 0.6 is 75.1 Å². The molecule has 1 heterocycles. The van der Waals surface area contributed by atoms with Crippen molar-refractivity contribution in [2.45, 2.75) is 18.7 Å². The van der Waals surface area contributed by atoms with E-state index in [1.807, 2.05) is 0 Å². The van der Waals surface area contributed by atoms with Crippen LogP contribution in [0.3, 0.4) is 0 Å². The Bertz CT molecular complexity index is 569. The van der Waals surface area contributed by atoms with Crippen molar-refractivity contribution in [2.24, 2.45) is 0 Å². The maximum Gasteiger partial charge on any atom is 0.0843 e. The molecule has 2 aromatic rings. The first kappa shape index (κ1) is 15.2. The second kappa shape index (κ2) is 6.08. The first-order valence-electron chi connectivity index (χ1n) is 5.25. The lowest BCUT2D eigenvalue weighted by Crippen LogP contribution is -1.95. The van der Waals surface area contributed by atoms with Gasteiger partial charge < -0.3 is 0 Å². The number of aryl methyl sites for hydroxylation is 2. The highest BCUT2D eigenvalue weighted by Crippen LogP contribution is 2.42. The van der Waals surface area contributed by atoms with Gasteiger partial charge in [-0.3, -0.25) is 0 Å². The summed E-state index contributed by atoms with van der Waals surface area (Å²) < 4.78 is 3.41. The van der Waals surface area contributed by atoms with Crippen molar-refractivity contribution in [3.05, 3.63) is 52.5 Å². The number of benzene rings is 1. The lowest BCUT2D eigenvalue weighted by molar-refractivity contribution is 1.16. The highest BCUT2D eigenvalue weighted by Gasteiger charge is 2.17. The SMILES string of the molecule is Cc1cc(C(Br)c2cc(Br)c(Br)s2)c(C)cc1Br. The van der Waals surface area contributed by atoms with Crippen LogP contribution in [0.4, 0.5) is 0 Å². The maximum absolute atomic E-state index is 3.80. The minimum atomic E-state index is 0.233. The maximum atomic E-state index is 3.80. The molecule has 1 atom stereocenters. The van der Waals surface area contributed by atoms with Gasteiger partial charge in [-0.05, 0) is 74.5 Å². The molecule has 0 spiro atoms. The summed E-state index contributed by atoms with van der Waals surface area (Å²) in [6, 6.07) is 6.57. The lowest BCUT2D eigenvalue weighted by Gasteiger charge is -2.13. The topological polar surface area (TPSA) is 0 Å². The molecule has 0 N–H and O–H groups in total. The molecular weight excluding hydrogens is 508 g/mol. The molecule has 0 aliphatic heterocycles. The zero-order valence-corrected chi connectivity index (χ0v) is 16.9. The van der Waals surface area contributed by atoms with Crippen LogP contribution in [0.25, 0.3) is 0 Å². The summed E-state index contributed by atoms with van der Waals surface area (Å²) >= 11 is 16.2. The smallest absolute Gasteiger partial charge is 0.0843 e. The van der Waals surface area contributed by atoms with Gasteiger partial charge >= 0.3 is 0 Å². The molecule has 0 amide bonds. The number of rotatable bonds is 2. The fourth-order valence-electron chi connectivity index (χ4n) is 1.72. The van der Waals surface area contributed by atoms with Crippen LogP contribution in [-0.4, -0.2) is 0 Å². The molecule has 0 aliphatic rings. The average Bonchev–Trinajstić information content (AvgIpc) is 2.63. The zero-order valence-electron chi connectivity index (χ0n) is 9.73. The lowest BCUT2D eigenvalue weighted by atomic mass is 10.0. The Labute approximate surface area is 145 Å². The largest absolute Gasteiger partial charge is 0.131 e. The third-order valence-electron chi connectivity index (χ3n) is 2.73. The molecule has 1 unspecified atom stereocenters. The fourth-order valence-corrected chi connectivity index (χ4v) is 5.17. The molecule has 0 saturated carbocycles. The van der Waals surface area contributed by atoms with Crippen LogP contribution in [0.1, 0.15) is 26.4 Å². The highest BCUT2D eigenvalue weighted by atomic mass is 79.9. The van der Waals surface area contributed by atoms with Crippen LogP contribution in [0.2, 0.25) is 0 Å². The predicted octanol–water partition coefficient (Wildman–Crippen LogP) is 7.14. The Hall–Kier alpha value is 0.840. The van der Waals surface area contributed by atoms with Gasteiger partial charge in [0, 0.05) is 13.8 Å². The van der Waals surface area contributed by atoms with E-state index in [9.17, 15) is 0 Å². The molecule has 0 aliphatic carbocycles. The Morgan fingerprint density at radius 1 is 0.944 bits per heavy atom. The number of alkyl halides is 1. The van der Waals surface area contributed by atoms with Crippen LogP contribution in [-0.2, 0) is 0 Å². The molecular formula is C13H10Br4S. The van der Waals surface area contributed by atoms with Crippen LogP contribution in [0.5, 0.6) is 0 Å². The van der Waals surface area contributed by atoms with Crippen molar-refractivity contribution in [3.63, 3.8) is 0 Å². The van der Waals surface area contributed by atoms with Crippen molar-refractivity contribution >= 4 is 75.1 Å². The summed E-state index contributed by atoms with van der Waals surface area (Å²) in [6.45, 7) is 4.26. The average molecular weight is 518 g/mol. The van der Waals surface area contributed by atoms with E-state index in [-0.39, 0.29) is 4.83 Å².